The number of nitrogens with zero attached hydrogens (tertiary/aromatic N) is 1. The predicted molar refractivity (Wildman–Crippen MR) is 66.2 cm³/mol. The highest BCUT2D eigenvalue weighted by molar-refractivity contribution is 5.90. The Morgan fingerprint density at radius 3 is 2.39 bits per heavy atom. The molecule has 0 radical (unpaired) electrons. The van der Waals surface area contributed by atoms with E-state index in [0.29, 0.717) is 12.1 Å². The highest BCUT2D eigenvalue weighted by Crippen LogP contribution is 2.00. The van der Waals surface area contributed by atoms with E-state index in [4.69, 9.17) is 9.47 Å². The molecular formula is C13H17NO4. The van der Waals surface area contributed by atoms with Gasteiger partial charge in [-0.1, -0.05) is 18.2 Å². The molecule has 0 unspecified atom stereocenters. The Morgan fingerprint density at radius 1 is 1.11 bits per heavy atom. The van der Waals surface area contributed by atoms with Crippen molar-refractivity contribution in [3.63, 3.8) is 0 Å². The number of carbonyl (C=O) groups is 2. The van der Waals surface area contributed by atoms with Crippen LogP contribution in [0.3, 0.4) is 0 Å². The molecule has 0 bridgehead atoms. The summed E-state index contributed by atoms with van der Waals surface area (Å²) in [6.07, 6.45) is 0. The summed E-state index contributed by atoms with van der Waals surface area (Å²) in [6.45, 7) is 0.564. The van der Waals surface area contributed by atoms with E-state index in [1.165, 1.54) is 0 Å². The normalized spacial score (nSPS) is 10.2. The molecule has 0 atom stereocenters. The number of benzene rings is 1. The van der Waals surface area contributed by atoms with E-state index >= 15 is 0 Å². The number of rotatable bonds is 6. The molecule has 0 spiro atoms. The fraction of sp³-hybridized carbons (Fsp3) is 0.385. The topological polar surface area (TPSA) is 55.8 Å². The van der Waals surface area contributed by atoms with Gasteiger partial charge < -0.3 is 14.4 Å². The van der Waals surface area contributed by atoms with Gasteiger partial charge in [0.05, 0.1) is 5.56 Å². The summed E-state index contributed by atoms with van der Waals surface area (Å²) in [4.78, 5) is 24.6. The second-order valence-corrected chi connectivity index (χ2v) is 3.97. The van der Waals surface area contributed by atoms with Crippen LogP contribution in [0.25, 0.3) is 0 Å². The lowest BCUT2D eigenvalue weighted by Gasteiger charge is -2.10. The first-order chi connectivity index (χ1) is 8.59. The average molecular weight is 251 g/mol. The maximum absolute atomic E-state index is 11.5. The van der Waals surface area contributed by atoms with E-state index in [-0.39, 0.29) is 13.2 Å². The van der Waals surface area contributed by atoms with Crippen molar-refractivity contribution >= 4 is 11.9 Å². The van der Waals surface area contributed by atoms with Crippen molar-refractivity contribution in [1.29, 1.82) is 0 Å². The second kappa shape index (κ2) is 7.45. The fourth-order valence-electron chi connectivity index (χ4n) is 1.17. The number of hydrogen-bond acceptors (Lipinski definition) is 5. The Balaban J connectivity index is 2.24. The number of hydrogen-bond donors (Lipinski definition) is 0. The fourth-order valence-corrected chi connectivity index (χ4v) is 1.17. The zero-order chi connectivity index (χ0) is 13.4. The largest absolute Gasteiger partial charge is 0.462 e. The summed E-state index contributed by atoms with van der Waals surface area (Å²) >= 11 is 0. The van der Waals surface area contributed by atoms with Gasteiger partial charge in [-0.3, -0.25) is 0 Å². The Morgan fingerprint density at radius 2 is 1.78 bits per heavy atom. The summed E-state index contributed by atoms with van der Waals surface area (Å²) in [7, 11) is 3.76. The minimum absolute atomic E-state index is 0.286. The van der Waals surface area contributed by atoms with Gasteiger partial charge in [-0.2, -0.15) is 0 Å². The molecule has 0 heterocycles. The van der Waals surface area contributed by atoms with Crippen LogP contribution in [0.4, 0.5) is 0 Å². The van der Waals surface area contributed by atoms with Gasteiger partial charge in [0.2, 0.25) is 0 Å². The molecular weight excluding hydrogens is 234 g/mol. The van der Waals surface area contributed by atoms with Crippen LogP contribution in [-0.2, 0) is 14.3 Å². The third-order valence-corrected chi connectivity index (χ3v) is 2.13. The van der Waals surface area contributed by atoms with Crippen LogP contribution in [-0.4, -0.2) is 50.7 Å². The number of ether oxygens (including phenoxy) is 2. The quantitative estimate of drug-likeness (QED) is 0.704. The molecule has 1 aromatic carbocycles. The van der Waals surface area contributed by atoms with Crippen LogP contribution in [0, 0.1) is 0 Å². The van der Waals surface area contributed by atoms with Crippen LogP contribution < -0.4 is 0 Å². The molecule has 0 aromatic heterocycles. The maximum Gasteiger partial charge on any atom is 0.344 e. The van der Waals surface area contributed by atoms with E-state index in [1.807, 2.05) is 19.0 Å². The van der Waals surface area contributed by atoms with E-state index in [0.717, 1.165) is 0 Å². The molecule has 0 amide bonds. The van der Waals surface area contributed by atoms with Crippen LogP contribution in [0.2, 0.25) is 0 Å². The van der Waals surface area contributed by atoms with Crippen LogP contribution in [0.15, 0.2) is 30.3 Å². The van der Waals surface area contributed by atoms with Gasteiger partial charge in [0.1, 0.15) is 6.61 Å². The van der Waals surface area contributed by atoms with Crippen molar-refractivity contribution in [3.8, 4) is 0 Å². The third-order valence-electron chi connectivity index (χ3n) is 2.13. The molecule has 1 aromatic rings. The zero-order valence-corrected chi connectivity index (χ0v) is 10.6. The smallest absolute Gasteiger partial charge is 0.344 e. The standard InChI is InChI=1S/C13H17NO4/c1-14(2)8-9-17-12(15)10-18-13(16)11-6-4-3-5-7-11/h3-7H,8-10H2,1-2H3. The van der Waals surface area contributed by atoms with Crippen molar-refractivity contribution in [2.45, 2.75) is 0 Å². The van der Waals surface area contributed by atoms with E-state index < -0.39 is 11.9 Å². The first-order valence-corrected chi connectivity index (χ1v) is 5.62. The summed E-state index contributed by atoms with van der Waals surface area (Å²) in [5.74, 6) is -1.07. The van der Waals surface area contributed by atoms with E-state index in [2.05, 4.69) is 0 Å². The lowest BCUT2D eigenvalue weighted by molar-refractivity contribution is -0.147. The third kappa shape index (κ3) is 5.45. The summed E-state index contributed by atoms with van der Waals surface area (Å²) < 4.78 is 9.70. The molecule has 98 valence electrons. The molecule has 0 saturated carbocycles. The first kappa shape index (κ1) is 14.2. The maximum atomic E-state index is 11.5. The summed E-state index contributed by atoms with van der Waals surface area (Å²) in [6, 6.07) is 8.50. The predicted octanol–water partition coefficient (Wildman–Crippen LogP) is 0.948. The molecule has 0 aliphatic heterocycles. The summed E-state index contributed by atoms with van der Waals surface area (Å²) in [5, 5.41) is 0. The van der Waals surface area contributed by atoms with Crippen molar-refractivity contribution in [3.05, 3.63) is 35.9 Å². The number of carbonyl (C=O) groups excluding carboxylic acids is 2. The monoisotopic (exact) mass is 251 g/mol. The van der Waals surface area contributed by atoms with Gasteiger partial charge >= 0.3 is 11.9 Å². The highest BCUT2D eigenvalue weighted by Gasteiger charge is 2.10. The molecule has 0 fully saturated rings. The SMILES string of the molecule is CN(C)CCOC(=O)COC(=O)c1ccccc1. The van der Waals surface area contributed by atoms with E-state index in [1.54, 1.807) is 30.3 Å². The van der Waals surface area contributed by atoms with Crippen LogP contribution in [0.1, 0.15) is 10.4 Å². The summed E-state index contributed by atoms with van der Waals surface area (Å²) in [5.41, 5.74) is 0.415. The minimum atomic E-state index is -0.541. The number of esters is 2. The number of likely N-dealkylation sites (N-methyl/N-ethyl adjacent to an activating group) is 1. The van der Waals surface area contributed by atoms with Gasteiger partial charge in [-0.15, -0.1) is 0 Å². The van der Waals surface area contributed by atoms with Crippen molar-refractivity contribution in [2.75, 3.05) is 33.9 Å². The van der Waals surface area contributed by atoms with Gasteiger partial charge in [0, 0.05) is 6.54 Å². The Kier molecular flexibility index (Phi) is 5.87. The van der Waals surface area contributed by atoms with Crippen molar-refractivity contribution in [2.24, 2.45) is 0 Å². The molecule has 0 N–H and O–H groups in total. The minimum Gasteiger partial charge on any atom is -0.462 e. The van der Waals surface area contributed by atoms with Gasteiger partial charge in [-0.05, 0) is 26.2 Å². The first-order valence-electron chi connectivity index (χ1n) is 5.62. The zero-order valence-electron chi connectivity index (χ0n) is 10.6. The van der Waals surface area contributed by atoms with E-state index in [9.17, 15) is 9.59 Å². The second-order valence-electron chi connectivity index (χ2n) is 3.97. The molecule has 0 aliphatic carbocycles. The Labute approximate surface area is 106 Å². The van der Waals surface area contributed by atoms with Crippen LogP contribution in [0.5, 0.6) is 0 Å². The van der Waals surface area contributed by atoms with Gasteiger partial charge in [0.15, 0.2) is 6.61 Å². The van der Waals surface area contributed by atoms with Gasteiger partial charge in [0.25, 0.3) is 0 Å². The van der Waals surface area contributed by atoms with Gasteiger partial charge in [-0.25, -0.2) is 9.59 Å². The molecule has 0 saturated heterocycles. The highest BCUT2D eigenvalue weighted by atomic mass is 16.6. The van der Waals surface area contributed by atoms with Crippen LogP contribution >= 0.6 is 0 Å². The molecule has 5 nitrogen and oxygen atoms in total. The lowest BCUT2D eigenvalue weighted by Crippen LogP contribution is -2.22. The van der Waals surface area contributed by atoms with Crippen molar-refractivity contribution in [1.82, 2.24) is 4.90 Å². The Bertz CT molecular complexity index is 389. The Hall–Kier alpha value is -1.88. The molecule has 18 heavy (non-hydrogen) atoms. The lowest BCUT2D eigenvalue weighted by atomic mass is 10.2. The average Bonchev–Trinajstić information content (AvgIpc) is 2.36. The van der Waals surface area contributed by atoms with Crippen molar-refractivity contribution < 1.29 is 19.1 Å². The molecule has 1 rings (SSSR count). The molecule has 0 aliphatic rings. The molecule has 5 heteroatoms.